The number of carbonyl (C=O) groups excluding carboxylic acids is 1. The second-order valence-corrected chi connectivity index (χ2v) is 4.37. The highest BCUT2D eigenvalue weighted by molar-refractivity contribution is 5.98. The van der Waals surface area contributed by atoms with Crippen LogP contribution in [0.4, 0.5) is 5.69 Å². The van der Waals surface area contributed by atoms with E-state index in [4.69, 9.17) is 19.9 Å². The second-order valence-electron chi connectivity index (χ2n) is 4.37. The summed E-state index contributed by atoms with van der Waals surface area (Å²) in [6.45, 7) is 4.57. The van der Waals surface area contributed by atoms with Crippen LogP contribution in [0.15, 0.2) is 18.2 Å². The van der Waals surface area contributed by atoms with E-state index in [1.807, 2.05) is 6.92 Å². The summed E-state index contributed by atoms with van der Waals surface area (Å²) in [7, 11) is 1.63. The zero-order chi connectivity index (χ0) is 15.5. The van der Waals surface area contributed by atoms with E-state index in [1.54, 1.807) is 25.3 Å². The molecule has 0 aromatic heterocycles. The molecule has 0 saturated heterocycles. The number of nitrogens with one attached hydrogen (secondary N) is 1. The summed E-state index contributed by atoms with van der Waals surface area (Å²) >= 11 is 0. The maximum Gasteiger partial charge on any atom is 0.255 e. The van der Waals surface area contributed by atoms with Crippen LogP contribution in [0.3, 0.4) is 0 Å². The molecule has 0 aliphatic heterocycles. The van der Waals surface area contributed by atoms with Crippen LogP contribution in [-0.4, -0.2) is 46.0 Å². The molecule has 6 nitrogen and oxygen atoms in total. The topological polar surface area (TPSA) is 82.8 Å². The maximum absolute atomic E-state index is 12.1. The minimum absolute atomic E-state index is 0.192. The largest absolute Gasteiger partial charge is 0.491 e. The van der Waals surface area contributed by atoms with Crippen molar-refractivity contribution in [1.29, 1.82) is 0 Å². The number of nitrogen functional groups attached to an aromatic ring is 1. The van der Waals surface area contributed by atoms with Gasteiger partial charge < -0.3 is 25.3 Å². The van der Waals surface area contributed by atoms with Gasteiger partial charge in [-0.3, -0.25) is 4.79 Å². The minimum atomic E-state index is -0.192. The number of nitrogens with two attached hydrogens (primary N) is 1. The molecule has 1 rings (SSSR count). The molecule has 0 heterocycles. The molecule has 118 valence electrons. The molecular formula is C15H24N2O4. The van der Waals surface area contributed by atoms with Crippen LogP contribution in [0, 0.1) is 0 Å². The van der Waals surface area contributed by atoms with Gasteiger partial charge in [-0.1, -0.05) is 6.07 Å². The van der Waals surface area contributed by atoms with Crippen molar-refractivity contribution < 1.29 is 19.0 Å². The highest BCUT2D eigenvalue weighted by atomic mass is 16.5. The number of amides is 1. The zero-order valence-corrected chi connectivity index (χ0v) is 12.7. The van der Waals surface area contributed by atoms with E-state index in [2.05, 4.69) is 5.32 Å². The molecule has 0 fully saturated rings. The molecule has 0 aliphatic rings. The first-order chi connectivity index (χ1) is 10.2. The smallest absolute Gasteiger partial charge is 0.255 e. The van der Waals surface area contributed by atoms with E-state index >= 15 is 0 Å². The predicted molar refractivity (Wildman–Crippen MR) is 81.7 cm³/mol. The van der Waals surface area contributed by atoms with Crippen LogP contribution in [0.5, 0.6) is 5.75 Å². The molecule has 0 spiro atoms. The van der Waals surface area contributed by atoms with Gasteiger partial charge in [-0.15, -0.1) is 0 Å². The molecule has 0 saturated carbocycles. The number of methoxy groups -OCH3 is 1. The summed E-state index contributed by atoms with van der Waals surface area (Å²) in [6.07, 6.45) is 0.738. The molecular weight excluding hydrogens is 272 g/mol. The lowest BCUT2D eigenvalue weighted by Crippen LogP contribution is -2.26. The average molecular weight is 296 g/mol. The van der Waals surface area contributed by atoms with Gasteiger partial charge in [0, 0.05) is 20.3 Å². The fourth-order valence-corrected chi connectivity index (χ4v) is 1.75. The fraction of sp³-hybridized carbons (Fsp3) is 0.533. The van der Waals surface area contributed by atoms with Crippen LogP contribution in [-0.2, 0) is 9.47 Å². The summed E-state index contributed by atoms with van der Waals surface area (Å²) in [6, 6.07) is 5.15. The van der Waals surface area contributed by atoms with Gasteiger partial charge in [-0.05, 0) is 25.5 Å². The normalized spacial score (nSPS) is 10.4. The Morgan fingerprint density at radius 1 is 1.29 bits per heavy atom. The van der Waals surface area contributed by atoms with Crippen molar-refractivity contribution in [3.05, 3.63) is 23.8 Å². The Hall–Kier alpha value is -1.79. The van der Waals surface area contributed by atoms with Crippen LogP contribution < -0.4 is 15.8 Å². The number of hydrogen-bond acceptors (Lipinski definition) is 5. The first kappa shape index (κ1) is 17.3. The average Bonchev–Trinajstić information content (AvgIpc) is 2.48. The van der Waals surface area contributed by atoms with Crippen molar-refractivity contribution in [3.8, 4) is 5.75 Å². The van der Waals surface area contributed by atoms with Gasteiger partial charge in [-0.25, -0.2) is 0 Å². The maximum atomic E-state index is 12.1. The number of carbonyl (C=O) groups is 1. The molecule has 0 aliphatic carbocycles. The molecule has 0 radical (unpaired) electrons. The Morgan fingerprint density at radius 3 is 2.81 bits per heavy atom. The first-order valence-electron chi connectivity index (χ1n) is 7.06. The lowest BCUT2D eigenvalue weighted by Gasteiger charge is -2.12. The Balaban J connectivity index is 2.40. The quantitative estimate of drug-likeness (QED) is 0.504. The van der Waals surface area contributed by atoms with Gasteiger partial charge in [0.25, 0.3) is 5.91 Å². The number of rotatable bonds is 10. The number of hydrogen-bond donors (Lipinski definition) is 2. The third kappa shape index (κ3) is 6.01. The Morgan fingerprint density at radius 2 is 2.10 bits per heavy atom. The molecule has 6 heteroatoms. The molecule has 0 unspecified atom stereocenters. The predicted octanol–water partition coefficient (Wildman–Crippen LogP) is 1.45. The van der Waals surface area contributed by atoms with E-state index in [9.17, 15) is 4.79 Å². The van der Waals surface area contributed by atoms with Gasteiger partial charge in [0.2, 0.25) is 0 Å². The first-order valence-corrected chi connectivity index (χ1v) is 7.06. The number of anilines is 1. The molecule has 0 atom stereocenters. The van der Waals surface area contributed by atoms with E-state index in [-0.39, 0.29) is 5.91 Å². The van der Waals surface area contributed by atoms with E-state index < -0.39 is 0 Å². The molecule has 0 bridgehead atoms. The Kier molecular flexibility index (Phi) is 8.23. The zero-order valence-electron chi connectivity index (χ0n) is 12.7. The minimum Gasteiger partial charge on any atom is -0.491 e. The third-order valence-corrected chi connectivity index (χ3v) is 2.76. The monoisotopic (exact) mass is 296 g/mol. The van der Waals surface area contributed by atoms with Crippen molar-refractivity contribution in [3.63, 3.8) is 0 Å². The van der Waals surface area contributed by atoms with Crippen molar-refractivity contribution >= 4 is 11.6 Å². The van der Waals surface area contributed by atoms with Gasteiger partial charge in [0.15, 0.2) is 5.75 Å². The SMILES string of the molecule is CCOc1c(N)cccc1C(=O)NCCCOCCOC. The van der Waals surface area contributed by atoms with Gasteiger partial charge in [-0.2, -0.15) is 0 Å². The van der Waals surface area contributed by atoms with Gasteiger partial charge in [0.1, 0.15) is 0 Å². The lowest BCUT2D eigenvalue weighted by atomic mass is 10.1. The van der Waals surface area contributed by atoms with Crippen LogP contribution in [0.25, 0.3) is 0 Å². The van der Waals surface area contributed by atoms with Gasteiger partial charge in [0.05, 0.1) is 31.1 Å². The van der Waals surface area contributed by atoms with Crippen molar-refractivity contribution in [2.45, 2.75) is 13.3 Å². The van der Waals surface area contributed by atoms with E-state index in [0.29, 0.717) is 50.0 Å². The summed E-state index contributed by atoms with van der Waals surface area (Å²) < 4.78 is 15.6. The van der Waals surface area contributed by atoms with Crippen molar-refractivity contribution in [2.75, 3.05) is 45.8 Å². The molecule has 3 N–H and O–H groups in total. The highest BCUT2D eigenvalue weighted by Gasteiger charge is 2.14. The number of benzene rings is 1. The third-order valence-electron chi connectivity index (χ3n) is 2.76. The van der Waals surface area contributed by atoms with Crippen molar-refractivity contribution in [2.24, 2.45) is 0 Å². The highest BCUT2D eigenvalue weighted by Crippen LogP contribution is 2.26. The van der Waals surface area contributed by atoms with Crippen molar-refractivity contribution in [1.82, 2.24) is 5.32 Å². The van der Waals surface area contributed by atoms with E-state index in [0.717, 1.165) is 6.42 Å². The van der Waals surface area contributed by atoms with Crippen LogP contribution >= 0.6 is 0 Å². The van der Waals surface area contributed by atoms with Crippen LogP contribution in [0.2, 0.25) is 0 Å². The molecule has 21 heavy (non-hydrogen) atoms. The number of ether oxygens (including phenoxy) is 3. The summed E-state index contributed by atoms with van der Waals surface area (Å²) in [5.41, 5.74) is 6.75. The summed E-state index contributed by atoms with van der Waals surface area (Å²) in [5, 5.41) is 2.83. The Labute approximate surface area is 125 Å². The number of para-hydroxylation sites is 1. The molecule has 1 amide bonds. The summed E-state index contributed by atoms with van der Waals surface area (Å²) in [5.74, 6) is 0.247. The standard InChI is InChI=1S/C15H24N2O4/c1-3-21-14-12(6-4-7-13(14)16)15(18)17-8-5-9-20-11-10-19-2/h4,6-7H,3,5,8-11,16H2,1-2H3,(H,17,18). The second kappa shape index (κ2) is 10.0. The van der Waals surface area contributed by atoms with Gasteiger partial charge >= 0.3 is 0 Å². The summed E-state index contributed by atoms with van der Waals surface area (Å²) in [4.78, 5) is 12.1. The lowest BCUT2D eigenvalue weighted by molar-refractivity contribution is 0.0688. The van der Waals surface area contributed by atoms with Crippen LogP contribution in [0.1, 0.15) is 23.7 Å². The molecule has 1 aromatic carbocycles. The molecule has 1 aromatic rings. The Bertz CT molecular complexity index is 438. The fourth-order valence-electron chi connectivity index (χ4n) is 1.75. The van der Waals surface area contributed by atoms with E-state index in [1.165, 1.54) is 0 Å².